The summed E-state index contributed by atoms with van der Waals surface area (Å²) in [5.74, 6) is 0. The molecular weight excluding hydrogens is 228 g/mol. The van der Waals surface area contributed by atoms with E-state index in [4.69, 9.17) is 0 Å². The Kier molecular flexibility index (Phi) is 9.49. The molecule has 0 amide bonds. The van der Waals surface area contributed by atoms with Crippen molar-refractivity contribution in [3.05, 3.63) is 35.4 Å². The van der Waals surface area contributed by atoms with Gasteiger partial charge >= 0.3 is 0 Å². The normalized spacial score (nSPS) is 10.8. The Morgan fingerprint density at radius 1 is 0.789 bits per heavy atom. The monoisotopic (exact) mass is 259 g/mol. The number of benzene rings is 1. The Balaban J connectivity index is 2.31. The van der Waals surface area contributed by atoms with Gasteiger partial charge in [-0.2, -0.15) is 0 Å². The lowest BCUT2D eigenvalue weighted by Crippen LogP contribution is -1.95. The largest absolute Gasteiger partial charge is 0.0654 e. The molecule has 1 aromatic rings. The SMILES string of the molecule is CCCCCCCc1[c]cccc1CCCCCC. The van der Waals surface area contributed by atoms with E-state index in [0.29, 0.717) is 0 Å². The Labute approximate surface area is 120 Å². The van der Waals surface area contributed by atoms with Gasteiger partial charge in [0.25, 0.3) is 0 Å². The summed E-state index contributed by atoms with van der Waals surface area (Å²) in [5, 5.41) is 0. The molecule has 0 aliphatic heterocycles. The van der Waals surface area contributed by atoms with Gasteiger partial charge in [0.1, 0.15) is 0 Å². The van der Waals surface area contributed by atoms with Crippen molar-refractivity contribution in [2.24, 2.45) is 0 Å². The van der Waals surface area contributed by atoms with Crippen molar-refractivity contribution >= 4 is 0 Å². The first kappa shape index (κ1) is 16.3. The Morgan fingerprint density at radius 3 is 2.16 bits per heavy atom. The fourth-order valence-corrected chi connectivity index (χ4v) is 2.62. The maximum atomic E-state index is 3.47. The molecule has 0 saturated carbocycles. The maximum absolute atomic E-state index is 3.47. The molecule has 0 fully saturated rings. The summed E-state index contributed by atoms with van der Waals surface area (Å²) >= 11 is 0. The Bertz CT molecular complexity index is 314. The quantitative estimate of drug-likeness (QED) is 0.420. The lowest BCUT2D eigenvalue weighted by Gasteiger charge is -2.09. The van der Waals surface area contributed by atoms with Crippen molar-refractivity contribution in [3.63, 3.8) is 0 Å². The number of rotatable bonds is 11. The zero-order chi connectivity index (χ0) is 13.8. The van der Waals surface area contributed by atoms with E-state index < -0.39 is 0 Å². The van der Waals surface area contributed by atoms with Crippen LogP contribution in [0.25, 0.3) is 0 Å². The number of hydrogen-bond donors (Lipinski definition) is 0. The second-order valence-electron chi connectivity index (χ2n) is 5.65. The van der Waals surface area contributed by atoms with E-state index in [-0.39, 0.29) is 0 Å². The molecule has 0 nitrogen and oxygen atoms in total. The number of hydrogen-bond acceptors (Lipinski definition) is 0. The van der Waals surface area contributed by atoms with Crippen LogP contribution in [0.15, 0.2) is 18.2 Å². The third-order valence-corrected chi connectivity index (χ3v) is 3.87. The fraction of sp³-hybridized carbons (Fsp3) is 0.684. The molecule has 107 valence electrons. The molecule has 0 heteroatoms. The predicted octanol–water partition coefficient (Wildman–Crippen LogP) is 6.12. The van der Waals surface area contributed by atoms with Crippen LogP contribution in [0, 0.1) is 6.07 Å². The number of unbranched alkanes of at least 4 members (excludes halogenated alkanes) is 7. The third-order valence-electron chi connectivity index (χ3n) is 3.87. The molecule has 0 atom stereocenters. The van der Waals surface area contributed by atoms with Crippen LogP contribution in [-0.2, 0) is 12.8 Å². The summed E-state index contributed by atoms with van der Waals surface area (Å²) in [4.78, 5) is 0. The van der Waals surface area contributed by atoms with E-state index in [9.17, 15) is 0 Å². The third kappa shape index (κ3) is 7.40. The molecule has 19 heavy (non-hydrogen) atoms. The highest BCUT2D eigenvalue weighted by Crippen LogP contribution is 2.16. The van der Waals surface area contributed by atoms with Gasteiger partial charge < -0.3 is 0 Å². The van der Waals surface area contributed by atoms with Crippen LogP contribution < -0.4 is 0 Å². The second kappa shape index (κ2) is 11.1. The molecule has 0 N–H and O–H groups in total. The van der Waals surface area contributed by atoms with Crippen molar-refractivity contribution in [2.45, 2.75) is 84.5 Å². The van der Waals surface area contributed by atoms with E-state index in [1.54, 1.807) is 5.56 Å². The maximum Gasteiger partial charge on any atom is -0.0146 e. The van der Waals surface area contributed by atoms with Crippen molar-refractivity contribution in [2.75, 3.05) is 0 Å². The van der Waals surface area contributed by atoms with Gasteiger partial charge in [0.05, 0.1) is 0 Å². The standard InChI is InChI=1S/C19H31/c1-3-5-7-9-11-15-19-17-13-12-16-18(19)14-10-8-6-4-2/h12-13,16H,3-11,14-15H2,1-2H3. The molecule has 1 rings (SSSR count). The highest BCUT2D eigenvalue weighted by Gasteiger charge is 2.02. The minimum absolute atomic E-state index is 1.23. The smallest absolute Gasteiger partial charge is 0.0146 e. The molecule has 0 spiro atoms. The average Bonchev–Trinajstić information content (AvgIpc) is 2.45. The van der Waals surface area contributed by atoms with E-state index in [1.165, 1.54) is 76.2 Å². The molecule has 0 bridgehead atoms. The summed E-state index contributed by atoms with van der Waals surface area (Å²) in [6.45, 7) is 4.55. The van der Waals surface area contributed by atoms with E-state index in [1.807, 2.05) is 0 Å². The lowest BCUT2D eigenvalue weighted by molar-refractivity contribution is 0.627. The van der Waals surface area contributed by atoms with E-state index in [2.05, 4.69) is 38.1 Å². The average molecular weight is 259 g/mol. The van der Waals surface area contributed by atoms with Crippen LogP contribution in [0.1, 0.15) is 82.8 Å². The minimum atomic E-state index is 1.23. The molecule has 0 aromatic heterocycles. The van der Waals surface area contributed by atoms with Crippen LogP contribution in [0.4, 0.5) is 0 Å². The van der Waals surface area contributed by atoms with Crippen LogP contribution in [0.5, 0.6) is 0 Å². The van der Waals surface area contributed by atoms with Crippen LogP contribution >= 0.6 is 0 Å². The van der Waals surface area contributed by atoms with Gasteiger partial charge in [0.2, 0.25) is 0 Å². The van der Waals surface area contributed by atoms with Gasteiger partial charge in [-0.25, -0.2) is 0 Å². The first-order valence-corrected chi connectivity index (χ1v) is 8.37. The first-order valence-electron chi connectivity index (χ1n) is 8.37. The molecule has 0 unspecified atom stereocenters. The van der Waals surface area contributed by atoms with Crippen molar-refractivity contribution in [3.8, 4) is 0 Å². The van der Waals surface area contributed by atoms with Crippen molar-refractivity contribution in [1.82, 2.24) is 0 Å². The van der Waals surface area contributed by atoms with Crippen LogP contribution in [-0.4, -0.2) is 0 Å². The van der Waals surface area contributed by atoms with Gasteiger partial charge in [0, 0.05) is 0 Å². The minimum Gasteiger partial charge on any atom is -0.0654 e. The second-order valence-corrected chi connectivity index (χ2v) is 5.65. The summed E-state index contributed by atoms with van der Waals surface area (Å²) in [7, 11) is 0. The molecule has 1 radical (unpaired) electrons. The van der Waals surface area contributed by atoms with Crippen LogP contribution in [0.2, 0.25) is 0 Å². The Morgan fingerprint density at radius 2 is 1.42 bits per heavy atom. The molecule has 0 aliphatic carbocycles. The zero-order valence-electron chi connectivity index (χ0n) is 13.0. The summed E-state index contributed by atoms with van der Waals surface area (Å²) in [6.07, 6.45) is 14.7. The summed E-state index contributed by atoms with van der Waals surface area (Å²) in [6, 6.07) is 10.0. The van der Waals surface area contributed by atoms with Gasteiger partial charge in [-0.15, -0.1) is 0 Å². The van der Waals surface area contributed by atoms with Gasteiger partial charge in [-0.1, -0.05) is 77.0 Å². The van der Waals surface area contributed by atoms with Crippen molar-refractivity contribution < 1.29 is 0 Å². The van der Waals surface area contributed by atoms with Crippen molar-refractivity contribution in [1.29, 1.82) is 0 Å². The summed E-state index contributed by atoms with van der Waals surface area (Å²) < 4.78 is 0. The highest BCUT2D eigenvalue weighted by molar-refractivity contribution is 5.26. The lowest BCUT2D eigenvalue weighted by atomic mass is 9.97. The molecular formula is C19H31. The molecule has 0 heterocycles. The Hall–Kier alpha value is -0.780. The van der Waals surface area contributed by atoms with E-state index in [0.717, 1.165) is 0 Å². The molecule has 1 aromatic carbocycles. The topological polar surface area (TPSA) is 0 Å². The predicted molar refractivity (Wildman–Crippen MR) is 85.6 cm³/mol. The van der Waals surface area contributed by atoms with Gasteiger partial charge in [0.15, 0.2) is 0 Å². The highest BCUT2D eigenvalue weighted by atomic mass is 14.1. The molecule has 0 saturated heterocycles. The van der Waals surface area contributed by atoms with Gasteiger partial charge in [-0.05, 0) is 42.9 Å². The zero-order valence-corrected chi connectivity index (χ0v) is 13.0. The first-order chi connectivity index (χ1) is 9.38. The molecule has 0 aliphatic rings. The number of aryl methyl sites for hydroxylation is 2. The van der Waals surface area contributed by atoms with Crippen LogP contribution in [0.3, 0.4) is 0 Å². The van der Waals surface area contributed by atoms with E-state index >= 15 is 0 Å². The van der Waals surface area contributed by atoms with Gasteiger partial charge in [-0.3, -0.25) is 0 Å². The summed E-state index contributed by atoms with van der Waals surface area (Å²) in [5.41, 5.74) is 3.03. The fourth-order valence-electron chi connectivity index (χ4n) is 2.62.